The smallest absolute Gasteiger partial charge is 0.317 e. The normalized spacial score (nSPS) is 19.5. The van der Waals surface area contributed by atoms with Crippen LogP contribution >= 0.6 is 11.6 Å². The first kappa shape index (κ1) is 17.0. The van der Waals surface area contributed by atoms with Crippen molar-refractivity contribution in [3.8, 4) is 0 Å². The van der Waals surface area contributed by atoms with Crippen molar-refractivity contribution in [3.63, 3.8) is 0 Å². The molecule has 2 N–H and O–H groups in total. The third kappa shape index (κ3) is 3.90. The third-order valence-corrected chi connectivity index (χ3v) is 4.31. The van der Waals surface area contributed by atoms with E-state index in [0.717, 1.165) is 6.42 Å². The number of amides is 2. The first-order valence-corrected chi connectivity index (χ1v) is 7.91. The lowest BCUT2D eigenvalue weighted by Crippen LogP contribution is -2.42. The predicted molar refractivity (Wildman–Crippen MR) is 84.3 cm³/mol. The summed E-state index contributed by atoms with van der Waals surface area (Å²) in [5.41, 5.74) is 0.436. The SMILES string of the molecule is CC(C)[C@@H](NC(=O)N1CC[C@H](CO)C1)c1ccc(Cl)cc1F. The summed E-state index contributed by atoms with van der Waals surface area (Å²) >= 11 is 5.78. The zero-order valence-electron chi connectivity index (χ0n) is 12.9. The Labute approximate surface area is 135 Å². The molecule has 1 aromatic carbocycles. The number of carbonyl (C=O) groups excluding carboxylic acids is 1. The number of aliphatic hydroxyl groups excluding tert-OH is 1. The lowest BCUT2D eigenvalue weighted by Gasteiger charge is -2.26. The Morgan fingerprint density at radius 3 is 2.82 bits per heavy atom. The molecule has 1 aliphatic heterocycles. The van der Waals surface area contributed by atoms with Crippen molar-refractivity contribution in [2.75, 3.05) is 19.7 Å². The van der Waals surface area contributed by atoms with Crippen LogP contribution in [-0.2, 0) is 0 Å². The maximum atomic E-state index is 14.1. The second-order valence-electron chi connectivity index (χ2n) is 6.12. The van der Waals surface area contributed by atoms with E-state index in [1.807, 2.05) is 13.8 Å². The number of rotatable bonds is 4. The molecule has 22 heavy (non-hydrogen) atoms. The van der Waals surface area contributed by atoms with Crippen LogP contribution in [0.1, 0.15) is 31.9 Å². The highest BCUT2D eigenvalue weighted by atomic mass is 35.5. The molecule has 0 aliphatic carbocycles. The van der Waals surface area contributed by atoms with Crippen molar-refractivity contribution in [1.29, 1.82) is 0 Å². The van der Waals surface area contributed by atoms with Crippen molar-refractivity contribution >= 4 is 17.6 Å². The number of urea groups is 1. The molecule has 0 spiro atoms. The van der Waals surface area contributed by atoms with Gasteiger partial charge in [-0.25, -0.2) is 9.18 Å². The fourth-order valence-corrected chi connectivity index (χ4v) is 2.91. The van der Waals surface area contributed by atoms with Gasteiger partial charge in [0, 0.05) is 36.2 Å². The first-order chi connectivity index (χ1) is 10.4. The van der Waals surface area contributed by atoms with Gasteiger partial charge in [-0.15, -0.1) is 0 Å². The molecule has 1 aliphatic rings. The summed E-state index contributed by atoms with van der Waals surface area (Å²) in [5.74, 6) is -0.243. The van der Waals surface area contributed by atoms with Gasteiger partial charge in [0.25, 0.3) is 0 Å². The fourth-order valence-electron chi connectivity index (χ4n) is 2.75. The van der Waals surface area contributed by atoms with E-state index in [1.165, 1.54) is 6.07 Å². The van der Waals surface area contributed by atoms with Crippen LogP contribution in [0.5, 0.6) is 0 Å². The van der Waals surface area contributed by atoms with E-state index in [9.17, 15) is 9.18 Å². The Balaban J connectivity index is 2.10. The molecule has 0 unspecified atom stereocenters. The lowest BCUT2D eigenvalue weighted by atomic mass is 9.95. The number of hydrogen-bond acceptors (Lipinski definition) is 2. The minimum absolute atomic E-state index is 0.0378. The van der Waals surface area contributed by atoms with Crippen LogP contribution < -0.4 is 5.32 Å². The summed E-state index contributed by atoms with van der Waals surface area (Å²) in [6, 6.07) is 3.86. The van der Waals surface area contributed by atoms with Gasteiger partial charge in [-0.2, -0.15) is 0 Å². The second-order valence-corrected chi connectivity index (χ2v) is 6.56. The number of halogens is 2. The monoisotopic (exact) mass is 328 g/mol. The van der Waals surface area contributed by atoms with E-state index in [1.54, 1.807) is 17.0 Å². The van der Waals surface area contributed by atoms with Crippen LogP contribution in [0.25, 0.3) is 0 Å². The number of benzene rings is 1. The first-order valence-electron chi connectivity index (χ1n) is 7.53. The Bertz CT molecular complexity index is 539. The molecule has 2 amide bonds. The zero-order chi connectivity index (χ0) is 16.3. The maximum Gasteiger partial charge on any atom is 0.317 e. The molecule has 0 aromatic heterocycles. The van der Waals surface area contributed by atoms with Gasteiger partial charge in [0.15, 0.2) is 0 Å². The van der Waals surface area contributed by atoms with E-state index in [-0.39, 0.29) is 24.5 Å². The zero-order valence-corrected chi connectivity index (χ0v) is 13.6. The molecular weight excluding hydrogens is 307 g/mol. The highest BCUT2D eigenvalue weighted by Crippen LogP contribution is 2.27. The van der Waals surface area contributed by atoms with E-state index in [0.29, 0.717) is 23.7 Å². The quantitative estimate of drug-likeness (QED) is 0.891. The number of carbonyl (C=O) groups is 1. The van der Waals surface area contributed by atoms with Crippen LogP contribution in [0.2, 0.25) is 5.02 Å². The average Bonchev–Trinajstić information content (AvgIpc) is 2.94. The summed E-state index contributed by atoms with van der Waals surface area (Å²) in [6.45, 7) is 5.10. The van der Waals surface area contributed by atoms with Crippen molar-refractivity contribution < 1.29 is 14.3 Å². The summed E-state index contributed by atoms with van der Waals surface area (Å²) in [4.78, 5) is 14.0. The van der Waals surface area contributed by atoms with Crippen molar-refractivity contribution in [3.05, 3.63) is 34.6 Å². The molecule has 1 fully saturated rings. The summed E-state index contributed by atoms with van der Waals surface area (Å²) in [7, 11) is 0. The van der Waals surface area contributed by atoms with Crippen LogP contribution in [0.4, 0.5) is 9.18 Å². The molecular formula is C16H22ClFN2O2. The molecule has 1 aromatic rings. The van der Waals surface area contributed by atoms with Crippen LogP contribution in [0.15, 0.2) is 18.2 Å². The average molecular weight is 329 g/mol. The summed E-state index contributed by atoms with van der Waals surface area (Å²) < 4.78 is 14.1. The number of nitrogens with zero attached hydrogens (tertiary/aromatic N) is 1. The molecule has 1 heterocycles. The molecule has 2 rings (SSSR count). The molecule has 6 heteroatoms. The molecule has 1 saturated heterocycles. The standard InChI is InChI=1S/C16H22ClFN2O2/c1-10(2)15(13-4-3-12(17)7-14(13)18)19-16(22)20-6-5-11(8-20)9-21/h3-4,7,10-11,15,21H,5-6,8-9H2,1-2H3,(H,19,22)/t11-,15+/m0/s1. The molecule has 0 radical (unpaired) electrons. The van der Waals surface area contributed by atoms with Crippen molar-refractivity contribution in [1.82, 2.24) is 10.2 Å². The molecule has 0 bridgehead atoms. The van der Waals surface area contributed by atoms with Gasteiger partial charge in [-0.3, -0.25) is 0 Å². The van der Waals surface area contributed by atoms with Gasteiger partial charge >= 0.3 is 6.03 Å². The Morgan fingerprint density at radius 1 is 1.55 bits per heavy atom. The highest BCUT2D eigenvalue weighted by molar-refractivity contribution is 6.30. The molecule has 2 atom stereocenters. The van der Waals surface area contributed by atoms with Gasteiger partial charge in [0.05, 0.1) is 6.04 Å². The number of aliphatic hydroxyl groups is 1. The Morgan fingerprint density at radius 2 is 2.27 bits per heavy atom. The Kier molecular flexibility index (Phi) is 5.64. The van der Waals surface area contributed by atoms with Crippen LogP contribution in [0, 0.1) is 17.7 Å². The third-order valence-electron chi connectivity index (χ3n) is 4.07. The van der Waals surface area contributed by atoms with Crippen molar-refractivity contribution in [2.45, 2.75) is 26.3 Å². The Hall–Kier alpha value is -1.33. The largest absolute Gasteiger partial charge is 0.396 e. The van der Waals surface area contributed by atoms with E-state index in [2.05, 4.69) is 5.32 Å². The minimum atomic E-state index is -0.419. The van der Waals surface area contributed by atoms with E-state index in [4.69, 9.17) is 16.7 Å². The fraction of sp³-hybridized carbons (Fsp3) is 0.562. The van der Waals surface area contributed by atoms with Gasteiger partial charge in [-0.1, -0.05) is 31.5 Å². The molecule has 4 nitrogen and oxygen atoms in total. The number of nitrogens with one attached hydrogen (secondary N) is 1. The second kappa shape index (κ2) is 7.29. The predicted octanol–water partition coefficient (Wildman–Crippen LogP) is 3.20. The van der Waals surface area contributed by atoms with Gasteiger partial charge in [0.2, 0.25) is 0 Å². The van der Waals surface area contributed by atoms with Gasteiger partial charge < -0.3 is 15.3 Å². The van der Waals surface area contributed by atoms with E-state index < -0.39 is 11.9 Å². The topological polar surface area (TPSA) is 52.6 Å². The maximum absolute atomic E-state index is 14.1. The van der Waals surface area contributed by atoms with Crippen LogP contribution in [0.3, 0.4) is 0 Å². The summed E-state index contributed by atoms with van der Waals surface area (Å²) in [5, 5.41) is 12.4. The van der Waals surface area contributed by atoms with E-state index >= 15 is 0 Å². The molecule has 122 valence electrons. The van der Waals surface area contributed by atoms with Gasteiger partial charge in [0.1, 0.15) is 5.82 Å². The van der Waals surface area contributed by atoms with Crippen molar-refractivity contribution in [2.24, 2.45) is 11.8 Å². The minimum Gasteiger partial charge on any atom is -0.396 e. The summed E-state index contributed by atoms with van der Waals surface area (Å²) in [6.07, 6.45) is 0.797. The number of hydrogen-bond donors (Lipinski definition) is 2. The number of likely N-dealkylation sites (tertiary alicyclic amines) is 1. The lowest BCUT2D eigenvalue weighted by molar-refractivity contribution is 0.191. The van der Waals surface area contributed by atoms with Crippen LogP contribution in [-0.4, -0.2) is 35.7 Å². The molecule has 0 saturated carbocycles. The highest BCUT2D eigenvalue weighted by Gasteiger charge is 2.29. The van der Waals surface area contributed by atoms with Gasteiger partial charge in [-0.05, 0) is 24.5 Å².